The van der Waals surface area contributed by atoms with Crippen LogP contribution in [0.2, 0.25) is 0 Å². The number of nitrogens with zero attached hydrogens (tertiary/aromatic N) is 7. The molecule has 4 N–H and O–H groups in total. The van der Waals surface area contributed by atoms with Crippen LogP contribution in [-0.2, 0) is 26.3 Å². The average molecular weight is 548 g/mol. The highest BCUT2D eigenvalue weighted by molar-refractivity contribution is 8.01. The van der Waals surface area contributed by atoms with E-state index < -0.39 is 41.5 Å². The first-order chi connectivity index (χ1) is 16.7. The molecule has 2 aromatic heterocycles. The van der Waals surface area contributed by atoms with Gasteiger partial charge in [0.25, 0.3) is 11.8 Å². The van der Waals surface area contributed by atoms with Crippen molar-refractivity contribution in [2.24, 2.45) is 12.2 Å². The number of hydrogen-bond donors (Lipinski definition) is 3. The first-order valence-corrected chi connectivity index (χ1v) is 12.4. The molecule has 0 aliphatic carbocycles. The second kappa shape index (κ2) is 10.1. The summed E-state index contributed by atoms with van der Waals surface area (Å²) in [7, 11) is 1.64. The predicted molar refractivity (Wildman–Crippen MR) is 119 cm³/mol. The fourth-order valence-electron chi connectivity index (χ4n) is 3.19. The monoisotopic (exact) mass is 547 g/mol. The van der Waals surface area contributed by atoms with Crippen LogP contribution in [0.4, 0.5) is 13.9 Å². The summed E-state index contributed by atoms with van der Waals surface area (Å²) in [5, 5.41) is 27.5. The number of aromatic nitrogens is 5. The molecule has 2 aliphatic heterocycles. The van der Waals surface area contributed by atoms with Gasteiger partial charge in [0, 0.05) is 23.9 Å². The molecule has 1 fully saturated rings. The van der Waals surface area contributed by atoms with Crippen LogP contribution in [0.5, 0.6) is 0 Å². The van der Waals surface area contributed by atoms with E-state index in [1.807, 2.05) is 0 Å². The molecule has 2 atom stereocenters. The Morgan fingerprint density at radius 3 is 2.86 bits per heavy atom. The number of thiazole rings is 1. The van der Waals surface area contributed by atoms with E-state index in [2.05, 4.69) is 35.8 Å². The molecule has 2 aromatic rings. The highest BCUT2D eigenvalue weighted by atomic mass is 32.2. The number of carboxylic acid groups (broad SMARTS) is 1. The van der Waals surface area contributed by atoms with Crippen LogP contribution in [-0.4, -0.2) is 88.2 Å². The Hall–Kier alpha value is -3.32. The van der Waals surface area contributed by atoms with Crippen LogP contribution in [0.15, 0.2) is 27.0 Å². The minimum Gasteiger partial charge on any atom is -0.477 e. The van der Waals surface area contributed by atoms with Gasteiger partial charge in [-0.15, -0.1) is 28.2 Å². The van der Waals surface area contributed by atoms with Gasteiger partial charge in [0.1, 0.15) is 22.8 Å². The average Bonchev–Trinajstić information content (AvgIpc) is 3.42. The minimum absolute atomic E-state index is 0.0602. The summed E-state index contributed by atoms with van der Waals surface area (Å²) < 4.78 is 26.4. The molecule has 0 radical (unpaired) electrons. The smallest absolute Gasteiger partial charge is 0.407 e. The summed E-state index contributed by atoms with van der Waals surface area (Å²) in [6.45, 7) is -3.29. The molecule has 0 bridgehead atoms. The molecule has 2 aliphatic rings. The number of nitrogen functional groups attached to an aromatic ring is 1. The van der Waals surface area contributed by atoms with Crippen molar-refractivity contribution in [3.63, 3.8) is 0 Å². The third-order valence-corrected chi connectivity index (χ3v) is 7.81. The fraction of sp³-hybridized carbons (Fsp3) is 0.375. The van der Waals surface area contributed by atoms with Crippen molar-refractivity contribution < 1.29 is 33.1 Å². The number of halogens is 2. The van der Waals surface area contributed by atoms with Crippen LogP contribution < -0.4 is 11.1 Å². The summed E-state index contributed by atoms with van der Waals surface area (Å²) in [4.78, 5) is 46.4. The summed E-state index contributed by atoms with van der Waals surface area (Å²) in [5.41, 5.74) is 5.11. The molecule has 0 aromatic carbocycles. The Morgan fingerprint density at radius 2 is 2.26 bits per heavy atom. The minimum atomic E-state index is -3.29. The summed E-state index contributed by atoms with van der Waals surface area (Å²) in [6, 6.07) is -1.12. The van der Waals surface area contributed by atoms with Gasteiger partial charge in [-0.1, -0.05) is 16.9 Å². The lowest BCUT2D eigenvalue weighted by Crippen LogP contribution is -2.71. The Kier molecular flexibility index (Phi) is 7.17. The first-order valence-electron chi connectivity index (χ1n) is 9.46. The number of β-lactam (4-membered cyclic amide) rings is 1. The lowest BCUT2D eigenvalue weighted by atomic mass is 10.0. The number of amides is 2. The number of oxime groups is 1. The van der Waals surface area contributed by atoms with E-state index >= 15 is 0 Å². The van der Waals surface area contributed by atoms with Crippen molar-refractivity contribution in [3.05, 3.63) is 22.3 Å². The van der Waals surface area contributed by atoms with Gasteiger partial charge < -0.3 is 21.0 Å². The van der Waals surface area contributed by atoms with Gasteiger partial charge in [0.2, 0.25) is 5.16 Å². The van der Waals surface area contributed by atoms with Gasteiger partial charge >= 0.3 is 12.6 Å². The molecule has 14 nitrogen and oxygen atoms in total. The number of anilines is 1. The molecule has 1 unspecified atom stereocenters. The van der Waals surface area contributed by atoms with E-state index in [0.717, 1.165) is 16.2 Å². The summed E-state index contributed by atoms with van der Waals surface area (Å²) >= 11 is 3.40. The van der Waals surface area contributed by atoms with E-state index in [4.69, 9.17) is 5.73 Å². The molecule has 0 spiro atoms. The number of tetrazole rings is 1. The number of rotatable bonds is 9. The van der Waals surface area contributed by atoms with Gasteiger partial charge in [-0.25, -0.2) is 14.5 Å². The number of aliphatic carboxylic acids is 1. The molecule has 0 saturated carbocycles. The van der Waals surface area contributed by atoms with E-state index in [1.165, 1.54) is 33.6 Å². The predicted octanol–water partition coefficient (Wildman–Crippen LogP) is -0.277. The van der Waals surface area contributed by atoms with Crippen molar-refractivity contribution in [1.82, 2.24) is 35.4 Å². The fourth-order valence-corrected chi connectivity index (χ4v) is 6.08. The number of carbonyl (C=O) groups excluding carboxylic acids is 2. The van der Waals surface area contributed by atoms with Crippen LogP contribution in [0.1, 0.15) is 5.69 Å². The van der Waals surface area contributed by atoms with E-state index in [0.29, 0.717) is 10.7 Å². The zero-order chi connectivity index (χ0) is 25.3. The lowest BCUT2D eigenvalue weighted by Gasteiger charge is -2.49. The Labute approximate surface area is 206 Å². The van der Waals surface area contributed by atoms with Crippen LogP contribution in [0, 0.1) is 0 Å². The topological polar surface area (TPSA) is 191 Å². The number of carbonyl (C=O) groups is 3. The van der Waals surface area contributed by atoms with E-state index in [-0.39, 0.29) is 28.0 Å². The zero-order valence-electron chi connectivity index (χ0n) is 17.5. The molecule has 35 heavy (non-hydrogen) atoms. The van der Waals surface area contributed by atoms with Crippen molar-refractivity contribution in [2.45, 2.75) is 23.2 Å². The van der Waals surface area contributed by atoms with Crippen LogP contribution >= 0.6 is 34.9 Å². The quantitative estimate of drug-likeness (QED) is 0.161. The van der Waals surface area contributed by atoms with Crippen molar-refractivity contribution in [1.29, 1.82) is 0 Å². The summed E-state index contributed by atoms with van der Waals surface area (Å²) in [5.74, 6) is -2.50. The maximum Gasteiger partial charge on any atom is 0.407 e. The Morgan fingerprint density at radius 1 is 1.49 bits per heavy atom. The third-order valence-electron chi connectivity index (χ3n) is 4.70. The molecule has 2 amide bonds. The Balaban J connectivity index is 1.50. The normalized spacial score (nSPS) is 20.1. The number of hydrogen-bond acceptors (Lipinski definition) is 13. The molecule has 19 heteroatoms. The van der Waals surface area contributed by atoms with E-state index in [9.17, 15) is 28.3 Å². The maximum atomic E-state index is 12.8. The van der Waals surface area contributed by atoms with Gasteiger partial charge in [-0.2, -0.15) is 8.78 Å². The number of fused-ring (bicyclic) bond motifs is 1. The van der Waals surface area contributed by atoms with Crippen molar-refractivity contribution in [3.8, 4) is 0 Å². The van der Waals surface area contributed by atoms with Gasteiger partial charge in [0.05, 0.1) is 0 Å². The van der Waals surface area contributed by atoms with Gasteiger partial charge in [0.15, 0.2) is 10.8 Å². The SMILES string of the molecule is Cn1nnnc1SCC1=C(C(=O)O)N2C(=O)C(NC(=O)C(=NOC(F)F)c3csc(N)n3)[C@H]2SC1. The van der Waals surface area contributed by atoms with Crippen LogP contribution in [0.3, 0.4) is 0 Å². The molecule has 186 valence electrons. The summed E-state index contributed by atoms with van der Waals surface area (Å²) in [6.07, 6.45) is 0. The highest BCUT2D eigenvalue weighted by Gasteiger charge is 2.54. The molecular formula is C16H15F2N9O5S3. The molecular weight excluding hydrogens is 532 g/mol. The highest BCUT2D eigenvalue weighted by Crippen LogP contribution is 2.41. The second-order valence-corrected chi connectivity index (χ2v) is 9.81. The number of carboxylic acids is 1. The number of nitrogens with one attached hydrogen (secondary N) is 1. The van der Waals surface area contributed by atoms with E-state index in [1.54, 1.807) is 7.05 Å². The second-order valence-electron chi connectivity index (χ2n) is 6.87. The Bertz CT molecular complexity index is 1230. The first kappa shape index (κ1) is 24.8. The number of alkyl halides is 2. The third kappa shape index (κ3) is 5.05. The standard InChI is InChI=1S/C16H15F2N9O5S3/c1-26-16(22-24-25-26)35-3-5-2-33-12-8(11(29)27(12)9(5)13(30)31)21-10(28)7(23-32-14(17)18)6-4-34-15(19)20-6/h4,8,12,14H,2-3H2,1H3,(H2,19,20)(H,21,28)(H,30,31)/t8?,12-/m1/s1. The largest absolute Gasteiger partial charge is 0.477 e. The zero-order valence-corrected chi connectivity index (χ0v) is 19.9. The van der Waals surface area contributed by atoms with Crippen molar-refractivity contribution >= 4 is 63.5 Å². The maximum absolute atomic E-state index is 12.8. The molecule has 4 heterocycles. The number of thioether (sulfide) groups is 2. The van der Waals surface area contributed by atoms with Gasteiger partial charge in [-0.3, -0.25) is 14.5 Å². The van der Waals surface area contributed by atoms with Crippen molar-refractivity contribution in [2.75, 3.05) is 17.2 Å². The molecule has 1 saturated heterocycles. The number of aryl methyl sites for hydroxylation is 1. The van der Waals surface area contributed by atoms with Gasteiger partial charge in [-0.05, 0) is 16.0 Å². The lowest BCUT2D eigenvalue weighted by molar-refractivity contribution is -0.150. The molecule has 4 rings (SSSR count). The van der Waals surface area contributed by atoms with Crippen LogP contribution in [0.25, 0.3) is 0 Å². The number of nitrogens with two attached hydrogens (primary N) is 1.